The highest BCUT2D eigenvalue weighted by atomic mass is 35.5. The number of para-hydroxylation sites is 1. The Morgan fingerprint density at radius 3 is 2.86 bits per heavy atom. The van der Waals surface area contributed by atoms with E-state index in [1.807, 2.05) is 36.5 Å². The van der Waals surface area contributed by atoms with Gasteiger partial charge in [-0.2, -0.15) is 5.10 Å². The molecule has 174 valence electrons. The summed E-state index contributed by atoms with van der Waals surface area (Å²) in [6.07, 6.45) is 5.87. The number of H-pyrrole nitrogens is 1. The molecule has 0 spiro atoms. The van der Waals surface area contributed by atoms with Gasteiger partial charge >= 0.3 is 0 Å². The highest BCUT2D eigenvalue weighted by Crippen LogP contribution is 2.39. The summed E-state index contributed by atoms with van der Waals surface area (Å²) in [4.78, 5) is 27.9. The lowest BCUT2D eigenvalue weighted by Crippen LogP contribution is -2.45. The lowest BCUT2D eigenvalue weighted by atomic mass is 10.0. The molecule has 1 saturated heterocycles. The number of rotatable bonds is 4. The first-order chi connectivity index (χ1) is 17.2. The number of aromatic nitrogens is 6. The highest BCUT2D eigenvalue weighted by Gasteiger charge is 2.37. The van der Waals surface area contributed by atoms with Gasteiger partial charge in [-0.1, -0.05) is 41.6 Å². The molecule has 0 bridgehead atoms. The van der Waals surface area contributed by atoms with E-state index >= 15 is 0 Å². The van der Waals surface area contributed by atoms with E-state index in [0.717, 1.165) is 35.4 Å². The van der Waals surface area contributed by atoms with Crippen LogP contribution in [0.15, 0.2) is 59.9 Å². The molecular weight excluding hydrogens is 466 g/mol. The van der Waals surface area contributed by atoms with Gasteiger partial charge in [0.2, 0.25) is 0 Å². The van der Waals surface area contributed by atoms with Crippen LogP contribution in [0.25, 0.3) is 22.2 Å². The zero-order valence-electron chi connectivity index (χ0n) is 18.8. The number of benzene rings is 1. The van der Waals surface area contributed by atoms with E-state index < -0.39 is 0 Å². The van der Waals surface area contributed by atoms with Crippen LogP contribution < -0.4 is 10.5 Å². The summed E-state index contributed by atoms with van der Waals surface area (Å²) in [5, 5.41) is 6.04. The minimum Gasteiger partial charge on any atom is -0.372 e. The van der Waals surface area contributed by atoms with Gasteiger partial charge in [0.05, 0.1) is 27.7 Å². The molecule has 0 amide bonds. The van der Waals surface area contributed by atoms with Gasteiger partial charge in [-0.15, -0.1) is 0 Å². The predicted octanol–water partition coefficient (Wildman–Crippen LogP) is 3.36. The molecule has 1 fully saturated rings. The third-order valence-electron chi connectivity index (χ3n) is 6.16. The Hall–Kier alpha value is -4.13. The molecule has 1 aliphatic rings. The molecule has 0 saturated carbocycles. The smallest absolute Gasteiger partial charge is 0.284 e. The molecular formula is C25H20ClN7O2. The van der Waals surface area contributed by atoms with Crippen LogP contribution in [-0.2, 0) is 4.74 Å². The Morgan fingerprint density at radius 1 is 1.23 bits per heavy atom. The number of nitrogens with zero attached hydrogens (tertiary/aromatic N) is 6. The maximum Gasteiger partial charge on any atom is 0.284 e. The third-order valence-corrected chi connectivity index (χ3v) is 6.46. The minimum absolute atomic E-state index is 0.179. The Bertz CT molecular complexity index is 1680. The van der Waals surface area contributed by atoms with Gasteiger partial charge in [-0.3, -0.25) is 9.36 Å². The van der Waals surface area contributed by atoms with Gasteiger partial charge in [-0.05, 0) is 24.6 Å². The molecule has 1 aliphatic heterocycles. The normalized spacial score (nSPS) is 15.3. The van der Waals surface area contributed by atoms with Crippen molar-refractivity contribution in [3.63, 3.8) is 0 Å². The van der Waals surface area contributed by atoms with Crippen molar-refractivity contribution in [1.82, 2.24) is 29.1 Å². The van der Waals surface area contributed by atoms with Gasteiger partial charge in [0.15, 0.2) is 5.82 Å². The second-order valence-corrected chi connectivity index (χ2v) is 8.55. The molecule has 9 nitrogen and oxygen atoms in total. The van der Waals surface area contributed by atoms with Gasteiger partial charge < -0.3 is 14.6 Å². The molecule has 5 aromatic rings. The average molecular weight is 486 g/mol. The van der Waals surface area contributed by atoms with Crippen molar-refractivity contribution >= 4 is 34.0 Å². The quantitative estimate of drug-likeness (QED) is 0.392. The number of ether oxygens (including phenoxy) is 1. The summed E-state index contributed by atoms with van der Waals surface area (Å²) in [6.45, 7) is 1.08. The zero-order valence-corrected chi connectivity index (χ0v) is 19.5. The van der Waals surface area contributed by atoms with Crippen LogP contribution in [0.5, 0.6) is 0 Å². The number of methoxy groups -OCH3 is 1. The number of hydrogen-bond donors (Lipinski definition) is 1. The van der Waals surface area contributed by atoms with Crippen molar-refractivity contribution < 1.29 is 4.74 Å². The molecule has 1 N–H and O–H groups in total. The first-order valence-corrected chi connectivity index (χ1v) is 11.5. The Labute approximate surface area is 204 Å². The van der Waals surface area contributed by atoms with E-state index in [2.05, 4.69) is 31.7 Å². The predicted molar refractivity (Wildman–Crippen MR) is 133 cm³/mol. The molecule has 1 aromatic carbocycles. The van der Waals surface area contributed by atoms with Crippen molar-refractivity contribution in [2.75, 3.05) is 25.2 Å². The van der Waals surface area contributed by atoms with Crippen LogP contribution >= 0.6 is 11.6 Å². The van der Waals surface area contributed by atoms with Crippen molar-refractivity contribution in [1.29, 1.82) is 0 Å². The molecule has 35 heavy (non-hydrogen) atoms. The SMILES string of the molecule is COCC#Cc1c[nH]c2ncnc(N3CCC3c3nn4ccc(Cl)c4c(=O)n3-c3ccccc3)c12. The Balaban J connectivity index is 1.52. The van der Waals surface area contributed by atoms with Crippen LogP contribution in [0.1, 0.15) is 23.9 Å². The maximum atomic E-state index is 13.6. The van der Waals surface area contributed by atoms with Crippen LogP contribution in [-0.4, -0.2) is 49.4 Å². The van der Waals surface area contributed by atoms with E-state index in [-0.39, 0.29) is 11.6 Å². The lowest BCUT2D eigenvalue weighted by molar-refractivity contribution is 0.240. The fourth-order valence-corrected chi connectivity index (χ4v) is 4.69. The summed E-state index contributed by atoms with van der Waals surface area (Å²) in [5.41, 5.74) is 2.34. The van der Waals surface area contributed by atoms with Gasteiger partial charge in [-0.25, -0.2) is 14.5 Å². The molecule has 1 atom stereocenters. The van der Waals surface area contributed by atoms with Crippen LogP contribution in [0, 0.1) is 11.8 Å². The Kier molecular flexibility index (Phi) is 5.25. The zero-order chi connectivity index (χ0) is 23.9. The molecule has 5 heterocycles. The van der Waals surface area contributed by atoms with Crippen molar-refractivity contribution in [3.05, 3.63) is 81.9 Å². The summed E-state index contributed by atoms with van der Waals surface area (Å²) in [5.74, 6) is 7.49. The number of hydrogen-bond acceptors (Lipinski definition) is 6. The van der Waals surface area contributed by atoms with E-state index in [1.165, 1.54) is 6.33 Å². The molecule has 0 aliphatic carbocycles. The van der Waals surface area contributed by atoms with Crippen LogP contribution in [0.4, 0.5) is 5.82 Å². The first kappa shape index (κ1) is 21.4. The third kappa shape index (κ3) is 3.46. The van der Waals surface area contributed by atoms with E-state index in [4.69, 9.17) is 21.4 Å². The number of aromatic amines is 1. The molecule has 6 rings (SSSR count). The Morgan fingerprint density at radius 2 is 2.09 bits per heavy atom. The largest absolute Gasteiger partial charge is 0.372 e. The van der Waals surface area contributed by atoms with Crippen molar-refractivity contribution in [2.24, 2.45) is 0 Å². The summed E-state index contributed by atoms with van der Waals surface area (Å²) >= 11 is 6.34. The monoisotopic (exact) mass is 485 g/mol. The summed E-state index contributed by atoms with van der Waals surface area (Å²) in [7, 11) is 1.61. The van der Waals surface area contributed by atoms with E-state index in [1.54, 1.807) is 28.5 Å². The second-order valence-electron chi connectivity index (χ2n) is 8.15. The number of nitrogens with one attached hydrogen (secondary N) is 1. The summed E-state index contributed by atoms with van der Waals surface area (Å²) < 4.78 is 8.27. The molecule has 1 unspecified atom stereocenters. The van der Waals surface area contributed by atoms with Crippen LogP contribution in [0.2, 0.25) is 5.02 Å². The number of halogens is 1. The van der Waals surface area contributed by atoms with Gasteiger partial charge in [0.25, 0.3) is 5.56 Å². The lowest BCUT2D eigenvalue weighted by Gasteiger charge is -2.42. The fourth-order valence-electron chi connectivity index (χ4n) is 4.47. The maximum absolute atomic E-state index is 13.6. The van der Waals surface area contributed by atoms with Gasteiger partial charge in [0.1, 0.15) is 29.9 Å². The average Bonchev–Trinajstić information content (AvgIpc) is 3.43. The molecule has 0 radical (unpaired) electrons. The first-order valence-electron chi connectivity index (χ1n) is 11.1. The number of anilines is 1. The topological polar surface area (TPSA) is 93.3 Å². The standard InChI is InChI=1S/C25H20ClN7O2/c1-35-13-5-6-16-14-27-22-20(16)24(29-15-28-22)31-11-10-19(31)23-30-32-12-9-18(26)21(32)25(34)33(23)17-7-3-2-4-8-17/h2-4,7-9,12,14-15,19H,10-11,13H2,1H3,(H,27,28,29). The van der Waals surface area contributed by atoms with Crippen molar-refractivity contribution in [2.45, 2.75) is 12.5 Å². The summed E-state index contributed by atoms with van der Waals surface area (Å²) in [6, 6.07) is 11.0. The molecule has 10 heteroatoms. The fraction of sp³-hybridized carbons (Fsp3) is 0.200. The van der Waals surface area contributed by atoms with E-state index in [9.17, 15) is 4.79 Å². The molecule has 4 aromatic heterocycles. The van der Waals surface area contributed by atoms with E-state index in [0.29, 0.717) is 28.6 Å². The second kappa shape index (κ2) is 8.58. The number of fused-ring (bicyclic) bond motifs is 2. The van der Waals surface area contributed by atoms with Gasteiger partial charge in [0, 0.05) is 26.0 Å². The highest BCUT2D eigenvalue weighted by molar-refractivity contribution is 6.33. The minimum atomic E-state index is -0.219. The van der Waals surface area contributed by atoms with Crippen molar-refractivity contribution in [3.8, 4) is 17.5 Å². The van der Waals surface area contributed by atoms with Crippen LogP contribution in [0.3, 0.4) is 0 Å².